The number of rotatable bonds is 8. The maximum atomic E-state index is 11.7. The molecule has 24 heavy (non-hydrogen) atoms. The minimum Gasteiger partial charge on any atom is -0.385 e. The highest BCUT2D eigenvalue weighted by Crippen LogP contribution is 2.21. The second kappa shape index (κ2) is 8.60. The van der Waals surface area contributed by atoms with Gasteiger partial charge in [-0.3, -0.25) is 4.72 Å². The van der Waals surface area contributed by atoms with Crippen LogP contribution in [0.15, 0.2) is 42.5 Å². The molecule has 0 aliphatic carbocycles. The first-order valence-electron chi connectivity index (χ1n) is 7.68. The van der Waals surface area contributed by atoms with Crippen LogP contribution in [0.1, 0.15) is 18.9 Å². The molecule has 0 unspecified atom stereocenters. The Bertz CT molecular complexity index is 778. The van der Waals surface area contributed by atoms with Gasteiger partial charge in [-0.25, -0.2) is 8.42 Å². The Morgan fingerprint density at radius 2 is 1.67 bits per heavy atom. The molecule has 0 bridgehead atoms. The quantitative estimate of drug-likeness (QED) is 0.684. The van der Waals surface area contributed by atoms with Crippen LogP contribution in [-0.2, 0) is 16.4 Å². The number of sulfonamides is 1. The molecule has 0 saturated carbocycles. The van der Waals surface area contributed by atoms with Gasteiger partial charge in [-0.15, -0.1) is 0 Å². The van der Waals surface area contributed by atoms with E-state index in [-0.39, 0.29) is 5.75 Å². The van der Waals surface area contributed by atoms with Gasteiger partial charge in [0.1, 0.15) is 0 Å². The molecule has 0 saturated heterocycles. The fourth-order valence-electron chi connectivity index (χ4n) is 2.22. The van der Waals surface area contributed by atoms with Gasteiger partial charge >= 0.3 is 0 Å². The maximum absolute atomic E-state index is 11.7. The van der Waals surface area contributed by atoms with Crippen molar-refractivity contribution in [3.8, 4) is 0 Å². The fourth-order valence-corrected chi connectivity index (χ4v) is 3.86. The van der Waals surface area contributed by atoms with Crippen LogP contribution >= 0.6 is 23.2 Å². The van der Waals surface area contributed by atoms with Crippen LogP contribution in [0.5, 0.6) is 0 Å². The zero-order valence-electron chi connectivity index (χ0n) is 13.4. The largest absolute Gasteiger partial charge is 0.385 e. The van der Waals surface area contributed by atoms with Crippen molar-refractivity contribution in [3.63, 3.8) is 0 Å². The fraction of sp³-hybridized carbons (Fsp3) is 0.294. The predicted molar refractivity (Wildman–Crippen MR) is 103 cm³/mol. The van der Waals surface area contributed by atoms with E-state index in [9.17, 15) is 8.42 Å². The van der Waals surface area contributed by atoms with Crippen LogP contribution < -0.4 is 10.0 Å². The van der Waals surface area contributed by atoms with Crippen molar-refractivity contribution in [2.75, 3.05) is 22.3 Å². The Morgan fingerprint density at radius 3 is 2.29 bits per heavy atom. The Morgan fingerprint density at radius 1 is 1.00 bits per heavy atom. The number of halogens is 2. The van der Waals surface area contributed by atoms with Crippen molar-refractivity contribution in [1.29, 1.82) is 0 Å². The first-order valence-corrected chi connectivity index (χ1v) is 10.1. The van der Waals surface area contributed by atoms with E-state index < -0.39 is 10.0 Å². The smallest absolute Gasteiger partial charge is 0.232 e. The van der Waals surface area contributed by atoms with E-state index in [2.05, 4.69) is 10.0 Å². The molecule has 2 N–H and O–H groups in total. The van der Waals surface area contributed by atoms with Gasteiger partial charge in [-0.1, -0.05) is 36.2 Å². The van der Waals surface area contributed by atoms with E-state index in [0.29, 0.717) is 28.7 Å². The average molecular weight is 387 g/mol. The summed E-state index contributed by atoms with van der Waals surface area (Å²) in [6, 6.07) is 12.6. The molecule has 2 rings (SSSR count). The zero-order chi connectivity index (χ0) is 17.6. The SMILES string of the molecule is CCCS(=O)(=O)Nc1ccc(NCCc2ccc(Cl)cc2Cl)cc1. The number of hydrogen-bond donors (Lipinski definition) is 2. The van der Waals surface area contributed by atoms with E-state index >= 15 is 0 Å². The minimum absolute atomic E-state index is 0.120. The van der Waals surface area contributed by atoms with Crippen LogP contribution in [0.4, 0.5) is 11.4 Å². The topological polar surface area (TPSA) is 58.2 Å². The van der Waals surface area contributed by atoms with E-state index in [1.165, 1.54) is 0 Å². The summed E-state index contributed by atoms with van der Waals surface area (Å²) in [6.45, 7) is 2.54. The standard InChI is InChI=1S/C17H20Cl2N2O2S/c1-2-11-24(22,23)21-16-7-5-15(6-8-16)20-10-9-13-3-4-14(18)12-17(13)19/h3-8,12,20-21H,2,9-11H2,1H3. The zero-order valence-corrected chi connectivity index (χ0v) is 15.7. The highest BCUT2D eigenvalue weighted by molar-refractivity contribution is 7.92. The van der Waals surface area contributed by atoms with Crippen molar-refractivity contribution < 1.29 is 8.42 Å². The van der Waals surface area contributed by atoms with E-state index in [1.807, 2.05) is 31.2 Å². The Hall–Kier alpha value is -1.43. The number of hydrogen-bond acceptors (Lipinski definition) is 3. The molecule has 0 spiro atoms. The molecular formula is C17H20Cl2N2O2S. The van der Waals surface area contributed by atoms with Gasteiger partial charge in [0.25, 0.3) is 0 Å². The summed E-state index contributed by atoms with van der Waals surface area (Å²) in [6.07, 6.45) is 1.35. The lowest BCUT2D eigenvalue weighted by molar-refractivity contribution is 0.600. The lowest BCUT2D eigenvalue weighted by Crippen LogP contribution is -2.16. The van der Waals surface area contributed by atoms with Gasteiger partial charge in [-0.05, 0) is 54.8 Å². The lowest BCUT2D eigenvalue weighted by Gasteiger charge is -2.10. The van der Waals surface area contributed by atoms with Gasteiger partial charge in [0.15, 0.2) is 0 Å². The Kier molecular flexibility index (Phi) is 6.78. The summed E-state index contributed by atoms with van der Waals surface area (Å²) in [7, 11) is -3.25. The number of anilines is 2. The van der Waals surface area contributed by atoms with Crippen LogP contribution in [-0.4, -0.2) is 20.7 Å². The van der Waals surface area contributed by atoms with Gasteiger partial charge < -0.3 is 5.32 Å². The van der Waals surface area contributed by atoms with E-state index in [0.717, 1.165) is 17.7 Å². The number of nitrogens with one attached hydrogen (secondary N) is 2. The van der Waals surface area contributed by atoms with Crippen molar-refractivity contribution in [3.05, 3.63) is 58.1 Å². The highest BCUT2D eigenvalue weighted by atomic mass is 35.5. The van der Waals surface area contributed by atoms with Crippen molar-refractivity contribution in [1.82, 2.24) is 0 Å². The minimum atomic E-state index is -3.25. The molecule has 0 fully saturated rings. The third-order valence-electron chi connectivity index (χ3n) is 3.37. The highest BCUT2D eigenvalue weighted by Gasteiger charge is 2.08. The van der Waals surface area contributed by atoms with Crippen LogP contribution in [0.25, 0.3) is 0 Å². The third-order valence-corrected chi connectivity index (χ3v) is 5.45. The van der Waals surface area contributed by atoms with Crippen molar-refractivity contribution in [2.24, 2.45) is 0 Å². The maximum Gasteiger partial charge on any atom is 0.232 e. The van der Waals surface area contributed by atoms with Gasteiger partial charge in [-0.2, -0.15) is 0 Å². The monoisotopic (exact) mass is 386 g/mol. The molecule has 7 heteroatoms. The molecular weight excluding hydrogens is 367 g/mol. The molecule has 4 nitrogen and oxygen atoms in total. The summed E-state index contributed by atoms with van der Waals surface area (Å²) >= 11 is 12.0. The van der Waals surface area contributed by atoms with Gasteiger partial charge in [0.2, 0.25) is 10.0 Å². The van der Waals surface area contributed by atoms with Crippen LogP contribution in [0.2, 0.25) is 10.0 Å². The van der Waals surface area contributed by atoms with Crippen LogP contribution in [0, 0.1) is 0 Å². The average Bonchev–Trinajstić information content (AvgIpc) is 2.51. The Labute approximate surface area is 153 Å². The van der Waals surface area contributed by atoms with Crippen LogP contribution in [0.3, 0.4) is 0 Å². The summed E-state index contributed by atoms with van der Waals surface area (Å²) in [4.78, 5) is 0. The van der Waals surface area contributed by atoms with Crippen molar-refractivity contribution >= 4 is 44.6 Å². The molecule has 130 valence electrons. The molecule has 2 aromatic rings. The van der Waals surface area contributed by atoms with Crippen molar-refractivity contribution in [2.45, 2.75) is 19.8 Å². The van der Waals surface area contributed by atoms with Gasteiger partial charge in [0, 0.05) is 28.0 Å². The summed E-state index contributed by atoms with van der Waals surface area (Å²) in [5, 5.41) is 4.56. The second-order valence-electron chi connectivity index (χ2n) is 5.41. The molecule has 0 aliphatic heterocycles. The molecule has 0 aromatic heterocycles. The molecule has 0 atom stereocenters. The normalized spacial score (nSPS) is 11.3. The molecule has 2 aromatic carbocycles. The van der Waals surface area contributed by atoms with E-state index in [1.54, 1.807) is 18.2 Å². The Balaban J connectivity index is 1.88. The summed E-state index contributed by atoms with van der Waals surface area (Å²) in [5.41, 5.74) is 2.51. The summed E-state index contributed by atoms with van der Waals surface area (Å²) < 4.78 is 26.0. The first-order chi connectivity index (χ1) is 11.4. The second-order valence-corrected chi connectivity index (χ2v) is 8.10. The van der Waals surface area contributed by atoms with E-state index in [4.69, 9.17) is 23.2 Å². The molecule has 0 radical (unpaired) electrons. The lowest BCUT2D eigenvalue weighted by atomic mass is 10.1. The number of benzene rings is 2. The molecule has 0 aliphatic rings. The molecule has 0 amide bonds. The summed E-state index contributed by atoms with van der Waals surface area (Å²) in [5.74, 6) is 0.120. The van der Waals surface area contributed by atoms with Gasteiger partial charge in [0.05, 0.1) is 5.75 Å². The first kappa shape index (κ1) is 18.9. The third kappa shape index (κ3) is 5.89. The molecule has 0 heterocycles. The predicted octanol–water partition coefficient (Wildman–Crippen LogP) is 4.80.